The molecule has 0 rings (SSSR count). The Morgan fingerprint density at radius 3 is 2.08 bits per heavy atom. The zero-order valence-corrected chi connectivity index (χ0v) is 7.95. The number of hydrogen-bond donors (Lipinski definition) is 2. The molecule has 3 heteroatoms. The van der Waals surface area contributed by atoms with Crippen molar-refractivity contribution in [1.82, 2.24) is 0 Å². The number of Topliss-reactive ketones (excluding diaryl/α,β-unsaturated/α-hetero) is 1. The minimum atomic E-state index is -0.660. The van der Waals surface area contributed by atoms with Gasteiger partial charge in [-0.2, -0.15) is 0 Å². The quantitative estimate of drug-likeness (QED) is 0.641. The Morgan fingerprint density at radius 1 is 1.33 bits per heavy atom. The monoisotopic (exact) mass is 174 g/mol. The third-order valence-electron chi connectivity index (χ3n) is 1.88. The molecule has 0 aliphatic rings. The molecule has 72 valence electrons. The van der Waals surface area contributed by atoms with E-state index in [1.165, 1.54) is 0 Å². The molecule has 0 heterocycles. The van der Waals surface area contributed by atoms with Crippen molar-refractivity contribution in [3.05, 3.63) is 0 Å². The highest BCUT2D eigenvalue weighted by atomic mass is 16.3. The van der Waals surface area contributed by atoms with E-state index in [4.69, 9.17) is 5.11 Å². The van der Waals surface area contributed by atoms with E-state index in [2.05, 4.69) is 0 Å². The first-order chi connectivity index (χ1) is 5.49. The van der Waals surface area contributed by atoms with Crippen LogP contribution in [0.25, 0.3) is 0 Å². The first kappa shape index (κ1) is 11.6. The number of carbonyl (C=O) groups is 1. The number of ketones is 1. The summed E-state index contributed by atoms with van der Waals surface area (Å²) in [6.45, 7) is 5.09. The third kappa shape index (κ3) is 3.83. The van der Waals surface area contributed by atoms with Crippen LogP contribution in [0.5, 0.6) is 0 Å². The van der Waals surface area contributed by atoms with E-state index < -0.39 is 18.6 Å². The van der Waals surface area contributed by atoms with Crippen molar-refractivity contribution < 1.29 is 15.0 Å². The smallest absolute Gasteiger partial charge is 0.163 e. The van der Waals surface area contributed by atoms with Gasteiger partial charge in [-0.25, -0.2) is 0 Å². The molecule has 0 aromatic carbocycles. The maximum absolute atomic E-state index is 11.1. The number of hydrogen-bond acceptors (Lipinski definition) is 3. The lowest BCUT2D eigenvalue weighted by Gasteiger charge is -2.19. The molecule has 3 nitrogen and oxygen atoms in total. The van der Waals surface area contributed by atoms with Gasteiger partial charge in [0.2, 0.25) is 0 Å². The summed E-state index contributed by atoms with van der Waals surface area (Å²) in [4.78, 5) is 11.1. The van der Waals surface area contributed by atoms with Crippen LogP contribution in [0.1, 0.15) is 27.2 Å². The fraction of sp³-hybridized carbons (Fsp3) is 0.889. The normalized spacial score (nSPS) is 16.2. The van der Waals surface area contributed by atoms with Gasteiger partial charge in [0, 0.05) is 5.92 Å². The first-order valence-electron chi connectivity index (χ1n) is 4.30. The van der Waals surface area contributed by atoms with Gasteiger partial charge in [-0.3, -0.25) is 4.79 Å². The zero-order valence-electron chi connectivity index (χ0n) is 7.95. The van der Waals surface area contributed by atoms with E-state index in [0.717, 1.165) is 0 Å². The van der Waals surface area contributed by atoms with Crippen molar-refractivity contribution in [1.29, 1.82) is 0 Å². The average molecular weight is 174 g/mol. The summed E-state index contributed by atoms with van der Waals surface area (Å²) >= 11 is 0. The highest BCUT2D eigenvalue weighted by Crippen LogP contribution is 2.16. The van der Waals surface area contributed by atoms with Gasteiger partial charge in [0.25, 0.3) is 0 Å². The number of aliphatic hydroxyl groups excluding tert-OH is 2. The van der Waals surface area contributed by atoms with Crippen LogP contribution in [-0.2, 0) is 4.79 Å². The second-order valence-corrected chi connectivity index (χ2v) is 3.60. The molecule has 0 aliphatic carbocycles. The van der Waals surface area contributed by atoms with E-state index in [0.29, 0.717) is 12.3 Å². The lowest BCUT2D eigenvalue weighted by Crippen LogP contribution is -2.29. The highest BCUT2D eigenvalue weighted by Gasteiger charge is 2.23. The second kappa shape index (κ2) is 5.27. The van der Waals surface area contributed by atoms with E-state index in [1.807, 2.05) is 13.8 Å². The Hall–Kier alpha value is -0.410. The molecule has 0 fully saturated rings. The molecule has 0 unspecified atom stereocenters. The molecule has 2 N–H and O–H groups in total. The van der Waals surface area contributed by atoms with Crippen molar-refractivity contribution in [2.45, 2.75) is 33.3 Å². The Labute approximate surface area is 73.4 Å². The molecule has 0 saturated heterocycles. The van der Waals surface area contributed by atoms with E-state index >= 15 is 0 Å². The largest absolute Gasteiger partial charge is 0.393 e. The minimum absolute atomic E-state index is 0.265. The first-order valence-corrected chi connectivity index (χ1v) is 4.30. The molecule has 0 radical (unpaired) electrons. The van der Waals surface area contributed by atoms with Crippen LogP contribution in [0.4, 0.5) is 0 Å². The molecule has 0 aromatic rings. The van der Waals surface area contributed by atoms with Gasteiger partial charge < -0.3 is 10.2 Å². The van der Waals surface area contributed by atoms with Gasteiger partial charge in [0.15, 0.2) is 5.78 Å². The van der Waals surface area contributed by atoms with Crippen LogP contribution in [0, 0.1) is 11.8 Å². The van der Waals surface area contributed by atoms with Gasteiger partial charge in [-0.1, -0.05) is 13.8 Å². The third-order valence-corrected chi connectivity index (χ3v) is 1.88. The second-order valence-electron chi connectivity index (χ2n) is 3.60. The fourth-order valence-corrected chi connectivity index (χ4v) is 1.22. The molecule has 0 bridgehead atoms. The van der Waals surface area contributed by atoms with E-state index in [9.17, 15) is 9.90 Å². The molecule has 0 spiro atoms. The topological polar surface area (TPSA) is 57.5 Å². The Morgan fingerprint density at radius 2 is 1.83 bits per heavy atom. The van der Waals surface area contributed by atoms with Crippen LogP contribution in [0.3, 0.4) is 0 Å². The standard InChI is InChI=1S/C9H18O3/c1-6(2)4-8(7(3)11)9(12)5-10/h6-8,10-11H,4-5H2,1-3H3/t7-,8+/m1/s1. The maximum atomic E-state index is 11.1. The molecule has 0 aliphatic heterocycles. The van der Waals surface area contributed by atoms with Crippen LogP contribution >= 0.6 is 0 Å². The lowest BCUT2D eigenvalue weighted by atomic mass is 9.89. The Kier molecular flexibility index (Phi) is 5.09. The van der Waals surface area contributed by atoms with Crippen molar-refractivity contribution in [3.63, 3.8) is 0 Å². The Bertz CT molecular complexity index is 141. The summed E-state index contributed by atoms with van der Waals surface area (Å²) in [5.74, 6) is -0.311. The summed E-state index contributed by atoms with van der Waals surface area (Å²) < 4.78 is 0. The van der Waals surface area contributed by atoms with Gasteiger partial charge >= 0.3 is 0 Å². The van der Waals surface area contributed by atoms with Gasteiger partial charge in [0.05, 0.1) is 6.10 Å². The molecular weight excluding hydrogens is 156 g/mol. The predicted molar refractivity (Wildman–Crippen MR) is 46.7 cm³/mol. The van der Waals surface area contributed by atoms with Crippen molar-refractivity contribution in [2.75, 3.05) is 6.61 Å². The molecule has 0 saturated carbocycles. The molecule has 0 aromatic heterocycles. The van der Waals surface area contributed by atoms with Crippen LogP contribution in [-0.4, -0.2) is 28.7 Å². The molecule has 0 amide bonds. The maximum Gasteiger partial charge on any atom is 0.163 e. The van der Waals surface area contributed by atoms with E-state index in [1.54, 1.807) is 6.92 Å². The average Bonchev–Trinajstić information content (AvgIpc) is 1.98. The number of rotatable bonds is 5. The molecule has 12 heavy (non-hydrogen) atoms. The van der Waals surface area contributed by atoms with Crippen molar-refractivity contribution in [2.24, 2.45) is 11.8 Å². The van der Waals surface area contributed by atoms with Gasteiger partial charge in [0.1, 0.15) is 6.61 Å². The summed E-state index contributed by atoms with van der Waals surface area (Å²) in [5.41, 5.74) is 0. The summed E-state index contributed by atoms with van der Waals surface area (Å²) in [5, 5.41) is 17.8. The van der Waals surface area contributed by atoms with Crippen LogP contribution < -0.4 is 0 Å². The summed E-state index contributed by atoms with van der Waals surface area (Å²) in [6, 6.07) is 0. The minimum Gasteiger partial charge on any atom is -0.393 e. The van der Waals surface area contributed by atoms with Crippen LogP contribution in [0.15, 0.2) is 0 Å². The lowest BCUT2D eigenvalue weighted by molar-refractivity contribution is -0.129. The fourth-order valence-electron chi connectivity index (χ4n) is 1.22. The SMILES string of the molecule is CC(C)C[C@H](C(=O)CO)[C@@H](C)O. The van der Waals surface area contributed by atoms with Crippen LogP contribution in [0.2, 0.25) is 0 Å². The predicted octanol–water partition coefficient (Wildman–Crippen LogP) is 0.591. The zero-order chi connectivity index (χ0) is 9.72. The highest BCUT2D eigenvalue weighted by molar-refractivity contribution is 5.82. The summed E-state index contributed by atoms with van der Waals surface area (Å²) in [7, 11) is 0. The van der Waals surface area contributed by atoms with Crippen molar-refractivity contribution in [3.8, 4) is 0 Å². The number of carbonyl (C=O) groups excluding carboxylic acids is 1. The van der Waals surface area contributed by atoms with Crippen molar-refractivity contribution >= 4 is 5.78 Å². The van der Waals surface area contributed by atoms with Gasteiger partial charge in [-0.15, -0.1) is 0 Å². The van der Waals surface area contributed by atoms with E-state index in [-0.39, 0.29) is 5.78 Å². The number of aliphatic hydroxyl groups is 2. The summed E-state index contributed by atoms with van der Waals surface area (Å²) in [6.07, 6.45) is -0.0242. The van der Waals surface area contributed by atoms with Gasteiger partial charge in [-0.05, 0) is 19.3 Å². The Balaban J connectivity index is 4.13. The molecule has 2 atom stereocenters. The molecular formula is C9H18O3.